The molecule has 0 aliphatic carbocycles. The fourth-order valence-corrected chi connectivity index (χ4v) is 8.57. The lowest BCUT2D eigenvalue weighted by Crippen LogP contribution is -2.32. The van der Waals surface area contributed by atoms with Crippen molar-refractivity contribution in [2.75, 3.05) is 23.4 Å². The smallest absolute Gasteiger partial charge is 0.338 e. The van der Waals surface area contributed by atoms with Crippen molar-refractivity contribution in [2.24, 2.45) is 5.92 Å². The number of thioether (sulfide) groups is 1. The highest BCUT2D eigenvalue weighted by Gasteiger charge is 2.56. The van der Waals surface area contributed by atoms with E-state index >= 15 is 0 Å². The highest BCUT2D eigenvalue weighted by atomic mass is 32.2. The minimum absolute atomic E-state index is 0.225. The Morgan fingerprint density at radius 2 is 1.68 bits per heavy atom. The monoisotopic (exact) mass is 665 g/mol. The Morgan fingerprint density at radius 3 is 2.49 bits per heavy atom. The minimum atomic E-state index is -0.805. The molecule has 3 atom stereocenters. The average molecular weight is 666 g/mol. The van der Waals surface area contributed by atoms with E-state index in [1.165, 1.54) is 23.9 Å². The van der Waals surface area contributed by atoms with Gasteiger partial charge in [-0.15, -0.1) is 0 Å². The number of carbonyl (C=O) groups excluding carboxylic acids is 4. The SMILES string of the molecule is CCOC(=O)c1ccc(N2C(=O)C3Sc4[nH]c(=O)sc4[C@H](c4cccc(OCC(=O)Nc5cccc6ccccc56)c4)C3C2=O)cc1. The first-order valence-corrected chi connectivity index (χ1v) is 16.6. The summed E-state index contributed by atoms with van der Waals surface area (Å²) in [6, 6.07) is 26.6. The summed E-state index contributed by atoms with van der Waals surface area (Å²) < 4.78 is 10.9. The van der Waals surface area contributed by atoms with E-state index in [0.717, 1.165) is 27.0 Å². The van der Waals surface area contributed by atoms with Gasteiger partial charge in [-0.2, -0.15) is 0 Å². The van der Waals surface area contributed by atoms with Crippen LogP contribution in [0.2, 0.25) is 0 Å². The third-order valence-electron chi connectivity index (χ3n) is 8.11. The van der Waals surface area contributed by atoms with E-state index in [4.69, 9.17) is 9.47 Å². The van der Waals surface area contributed by atoms with Gasteiger partial charge < -0.3 is 19.8 Å². The molecular weight excluding hydrogens is 639 g/mol. The summed E-state index contributed by atoms with van der Waals surface area (Å²) in [6.45, 7) is 1.68. The number of nitrogens with one attached hydrogen (secondary N) is 2. The van der Waals surface area contributed by atoms with E-state index in [9.17, 15) is 24.0 Å². The number of esters is 1. The number of aromatic amines is 1. The first kappa shape index (κ1) is 30.5. The van der Waals surface area contributed by atoms with Crippen molar-refractivity contribution in [3.63, 3.8) is 0 Å². The molecule has 3 heterocycles. The summed E-state index contributed by atoms with van der Waals surface area (Å²) in [6.07, 6.45) is 0. The van der Waals surface area contributed by atoms with Crippen LogP contribution in [0.25, 0.3) is 10.8 Å². The summed E-state index contributed by atoms with van der Waals surface area (Å²) in [5.74, 6) is -2.67. The minimum Gasteiger partial charge on any atom is -0.484 e. The van der Waals surface area contributed by atoms with Crippen LogP contribution in [0.15, 0.2) is 101 Å². The molecule has 1 aromatic heterocycles. The number of amides is 3. The van der Waals surface area contributed by atoms with Gasteiger partial charge in [0.25, 0.3) is 5.91 Å². The van der Waals surface area contributed by atoms with Crippen molar-refractivity contribution in [1.82, 2.24) is 4.98 Å². The molecule has 7 rings (SSSR count). The number of fused-ring (bicyclic) bond motifs is 3. The van der Waals surface area contributed by atoms with Crippen LogP contribution in [-0.2, 0) is 19.1 Å². The van der Waals surface area contributed by atoms with Gasteiger partial charge in [0.05, 0.1) is 28.8 Å². The molecule has 2 aliphatic heterocycles. The van der Waals surface area contributed by atoms with E-state index in [2.05, 4.69) is 10.3 Å². The number of rotatable bonds is 8. The number of carbonyl (C=O) groups is 4. The van der Waals surface area contributed by atoms with Crippen molar-refractivity contribution in [1.29, 1.82) is 0 Å². The van der Waals surface area contributed by atoms with Gasteiger partial charge in [0, 0.05) is 21.9 Å². The fraction of sp³-hybridized carbons (Fsp3) is 0.171. The summed E-state index contributed by atoms with van der Waals surface area (Å²) >= 11 is 2.18. The van der Waals surface area contributed by atoms with Gasteiger partial charge in [-0.05, 0) is 60.3 Å². The Hall–Kier alpha value is -5.20. The van der Waals surface area contributed by atoms with Crippen LogP contribution in [0.1, 0.15) is 33.6 Å². The molecule has 5 aromatic rings. The summed E-state index contributed by atoms with van der Waals surface area (Å²) in [5.41, 5.74) is 2.00. The number of thiazole rings is 1. The normalized spacial score (nSPS) is 18.5. The Kier molecular flexibility index (Phi) is 8.12. The molecule has 1 saturated heterocycles. The zero-order valence-electron chi connectivity index (χ0n) is 24.9. The summed E-state index contributed by atoms with van der Waals surface area (Å²) in [7, 11) is 0. The van der Waals surface area contributed by atoms with E-state index in [1.807, 2.05) is 48.5 Å². The van der Waals surface area contributed by atoms with Gasteiger partial charge in [0.15, 0.2) is 6.61 Å². The van der Waals surface area contributed by atoms with Gasteiger partial charge in [-0.1, -0.05) is 71.6 Å². The lowest BCUT2D eigenvalue weighted by molar-refractivity contribution is -0.122. The molecule has 2 aliphatic rings. The second kappa shape index (κ2) is 12.5. The molecule has 2 unspecified atom stereocenters. The van der Waals surface area contributed by atoms with Crippen LogP contribution < -0.4 is 19.8 Å². The second-order valence-electron chi connectivity index (χ2n) is 11.0. The van der Waals surface area contributed by atoms with Crippen molar-refractivity contribution >= 4 is 68.9 Å². The van der Waals surface area contributed by atoms with Crippen molar-refractivity contribution in [3.05, 3.63) is 117 Å². The number of aromatic nitrogens is 1. The summed E-state index contributed by atoms with van der Waals surface area (Å²) in [4.78, 5) is 69.7. The maximum atomic E-state index is 14.1. The number of hydrogen-bond acceptors (Lipinski definition) is 9. The van der Waals surface area contributed by atoms with E-state index in [0.29, 0.717) is 38.2 Å². The number of benzene rings is 4. The number of hydrogen-bond donors (Lipinski definition) is 2. The largest absolute Gasteiger partial charge is 0.484 e. The zero-order chi connectivity index (χ0) is 32.7. The molecular formula is C35H27N3O7S2. The van der Waals surface area contributed by atoms with Crippen molar-refractivity contribution < 1.29 is 28.7 Å². The van der Waals surface area contributed by atoms with Crippen LogP contribution >= 0.6 is 23.1 Å². The standard InChI is InChI=1S/C35H27N3O7S2/c1-2-44-34(42)20-13-15-22(16-14-20)38-32(40)28-27(29-31(37-35(43)47-29)46-30(28)33(38)41)21-9-5-10-23(17-21)45-18-26(39)36-25-12-6-8-19-7-3-4-11-24(19)25/h3-17,27-28,30H,2,18H2,1H3,(H,36,39)(H,37,43)/t27-,28?,30?/m1/s1. The van der Waals surface area contributed by atoms with Crippen LogP contribution in [0.3, 0.4) is 0 Å². The van der Waals surface area contributed by atoms with Gasteiger partial charge in [-0.25, -0.2) is 9.69 Å². The number of H-pyrrole nitrogens is 1. The third-order valence-corrected chi connectivity index (χ3v) is 10.5. The molecule has 47 heavy (non-hydrogen) atoms. The number of imide groups is 1. The first-order chi connectivity index (χ1) is 22.8. The molecule has 0 radical (unpaired) electrons. The van der Waals surface area contributed by atoms with Crippen LogP contribution in [0.5, 0.6) is 5.75 Å². The van der Waals surface area contributed by atoms with Gasteiger partial charge in [-0.3, -0.25) is 19.2 Å². The molecule has 0 bridgehead atoms. The molecule has 4 aromatic carbocycles. The topological polar surface area (TPSA) is 135 Å². The second-order valence-corrected chi connectivity index (χ2v) is 13.1. The molecule has 12 heteroatoms. The fourth-order valence-electron chi connectivity index (χ4n) is 6.06. The highest BCUT2D eigenvalue weighted by molar-refractivity contribution is 8.00. The molecule has 2 N–H and O–H groups in total. The van der Waals surface area contributed by atoms with E-state index in [1.54, 1.807) is 37.3 Å². The molecule has 3 amide bonds. The van der Waals surface area contributed by atoms with Crippen molar-refractivity contribution in [3.8, 4) is 5.75 Å². The number of ether oxygens (including phenoxy) is 2. The lowest BCUT2D eigenvalue weighted by atomic mass is 9.83. The summed E-state index contributed by atoms with van der Waals surface area (Å²) in [5, 5.41) is 4.59. The zero-order valence-corrected chi connectivity index (χ0v) is 26.6. The predicted molar refractivity (Wildman–Crippen MR) is 179 cm³/mol. The lowest BCUT2D eigenvalue weighted by Gasteiger charge is -2.30. The average Bonchev–Trinajstić information content (AvgIpc) is 3.58. The molecule has 10 nitrogen and oxygen atoms in total. The Morgan fingerprint density at radius 1 is 0.915 bits per heavy atom. The Balaban J connectivity index is 1.14. The van der Waals surface area contributed by atoms with Gasteiger partial charge in [0.2, 0.25) is 11.8 Å². The van der Waals surface area contributed by atoms with Gasteiger partial charge in [0.1, 0.15) is 11.0 Å². The maximum absolute atomic E-state index is 14.1. The number of nitrogens with zero attached hydrogens (tertiary/aromatic N) is 1. The predicted octanol–water partition coefficient (Wildman–Crippen LogP) is 5.58. The van der Waals surface area contributed by atoms with E-state index in [-0.39, 0.29) is 24.0 Å². The molecule has 236 valence electrons. The quantitative estimate of drug-likeness (QED) is 0.162. The molecule has 0 saturated carbocycles. The van der Waals surface area contributed by atoms with Crippen LogP contribution in [0.4, 0.5) is 11.4 Å². The van der Waals surface area contributed by atoms with Crippen LogP contribution in [-0.4, -0.2) is 47.1 Å². The third kappa shape index (κ3) is 5.70. The van der Waals surface area contributed by atoms with Crippen LogP contribution in [0, 0.1) is 5.92 Å². The van der Waals surface area contributed by atoms with Crippen molar-refractivity contribution in [2.45, 2.75) is 23.1 Å². The van der Waals surface area contributed by atoms with E-state index < -0.39 is 34.9 Å². The Bertz CT molecular complexity index is 2100. The first-order valence-electron chi connectivity index (χ1n) is 14.9. The Labute approximate surface area is 276 Å². The maximum Gasteiger partial charge on any atom is 0.338 e. The van der Waals surface area contributed by atoms with Gasteiger partial charge >= 0.3 is 10.8 Å². The molecule has 0 spiro atoms. The molecule has 1 fully saturated rings. The highest BCUT2D eigenvalue weighted by Crippen LogP contribution is 2.53. The number of anilines is 2.